The Balaban J connectivity index is 1.47. The molecule has 0 saturated carbocycles. The highest BCUT2D eigenvalue weighted by molar-refractivity contribution is 6.30. The summed E-state index contributed by atoms with van der Waals surface area (Å²) >= 11 is 5.89. The van der Waals surface area contributed by atoms with Gasteiger partial charge < -0.3 is 9.15 Å². The number of ether oxygens (including phenoxy) is 1. The summed E-state index contributed by atoms with van der Waals surface area (Å²) in [4.78, 5) is 11.9. The first-order chi connectivity index (χ1) is 14.0. The number of amides is 1. The molecule has 1 heterocycles. The topological polar surface area (TPSA) is 63.8 Å². The van der Waals surface area contributed by atoms with Crippen LogP contribution in [0.2, 0.25) is 5.02 Å². The zero-order valence-corrected chi connectivity index (χ0v) is 17.1. The molecule has 2 aromatic carbocycles. The SMILES string of the molecule is CCC(C)c1ccc(OCC(=O)NN=Cc2ccc(-c3ccc(Cl)cc3)o2)cc1. The fourth-order valence-electron chi connectivity index (χ4n) is 2.67. The minimum absolute atomic E-state index is 0.117. The quantitative estimate of drug-likeness (QED) is 0.386. The van der Waals surface area contributed by atoms with Crippen molar-refractivity contribution in [3.63, 3.8) is 0 Å². The second-order valence-corrected chi connectivity index (χ2v) is 7.11. The van der Waals surface area contributed by atoms with Crippen LogP contribution in [-0.4, -0.2) is 18.7 Å². The lowest BCUT2D eigenvalue weighted by Crippen LogP contribution is -2.24. The number of carbonyl (C=O) groups is 1. The fraction of sp³-hybridized carbons (Fsp3) is 0.217. The van der Waals surface area contributed by atoms with Gasteiger partial charge in [0.25, 0.3) is 5.91 Å². The molecule has 1 amide bonds. The molecule has 1 aromatic heterocycles. The maximum atomic E-state index is 11.9. The summed E-state index contributed by atoms with van der Waals surface area (Å²) in [6.07, 6.45) is 2.52. The Morgan fingerprint density at radius 1 is 1.14 bits per heavy atom. The van der Waals surface area contributed by atoms with E-state index in [2.05, 4.69) is 24.4 Å². The first-order valence-electron chi connectivity index (χ1n) is 9.45. The highest BCUT2D eigenvalue weighted by Gasteiger charge is 2.06. The van der Waals surface area contributed by atoms with Gasteiger partial charge in [-0.15, -0.1) is 0 Å². The van der Waals surface area contributed by atoms with Crippen molar-refractivity contribution in [2.24, 2.45) is 5.10 Å². The standard InChI is InChI=1S/C23H23ClN2O3/c1-3-16(2)17-6-10-20(11-7-17)28-15-23(27)26-25-14-21-12-13-22(29-21)18-4-8-19(24)9-5-18/h4-14,16H,3,15H2,1-2H3,(H,26,27). The lowest BCUT2D eigenvalue weighted by Gasteiger charge is -2.10. The van der Waals surface area contributed by atoms with Crippen LogP contribution in [0, 0.1) is 0 Å². The van der Waals surface area contributed by atoms with E-state index in [-0.39, 0.29) is 12.5 Å². The maximum absolute atomic E-state index is 11.9. The van der Waals surface area contributed by atoms with Crippen molar-refractivity contribution in [2.45, 2.75) is 26.2 Å². The molecular weight excluding hydrogens is 388 g/mol. The third-order valence-electron chi connectivity index (χ3n) is 4.57. The Morgan fingerprint density at radius 3 is 2.55 bits per heavy atom. The monoisotopic (exact) mass is 410 g/mol. The van der Waals surface area contributed by atoms with Crippen molar-refractivity contribution in [3.05, 3.63) is 77.0 Å². The summed E-state index contributed by atoms with van der Waals surface area (Å²) in [7, 11) is 0. The molecule has 0 aliphatic heterocycles. The van der Waals surface area contributed by atoms with Crippen molar-refractivity contribution < 1.29 is 13.9 Å². The van der Waals surface area contributed by atoms with Gasteiger partial charge in [0.2, 0.25) is 0 Å². The summed E-state index contributed by atoms with van der Waals surface area (Å²) < 4.78 is 11.2. The zero-order chi connectivity index (χ0) is 20.6. The number of rotatable bonds is 8. The second-order valence-electron chi connectivity index (χ2n) is 6.67. The van der Waals surface area contributed by atoms with Crippen molar-refractivity contribution in [1.29, 1.82) is 0 Å². The zero-order valence-electron chi connectivity index (χ0n) is 16.4. The molecule has 3 aromatic rings. The van der Waals surface area contributed by atoms with Gasteiger partial charge in [0, 0.05) is 10.6 Å². The number of hydrazone groups is 1. The van der Waals surface area contributed by atoms with Gasteiger partial charge in [0.1, 0.15) is 17.3 Å². The van der Waals surface area contributed by atoms with Crippen molar-refractivity contribution in [3.8, 4) is 17.1 Å². The highest BCUT2D eigenvalue weighted by atomic mass is 35.5. The number of hydrogen-bond donors (Lipinski definition) is 1. The molecule has 0 bridgehead atoms. The molecule has 0 saturated heterocycles. The van der Waals surface area contributed by atoms with Crippen LogP contribution in [0.15, 0.2) is 70.2 Å². The van der Waals surface area contributed by atoms with Gasteiger partial charge in [0.05, 0.1) is 6.21 Å². The van der Waals surface area contributed by atoms with Gasteiger partial charge in [-0.05, 0) is 66.4 Å². The third-order valence-corrected chi connectivity index (χ3v) is 4.82. The van der Waals surface area contributed by atoms with E-state index >= 15 is 0 Å². The van der Waals surface area contributed by atoms with Gasteiger partial charge in [0.15, 0.2) is 6.61 Å². The van der Waals surface area contributed by atoms with Crippen LogP contribution in [0.5, 0.6) is 5.75 Å². The van der Waals surface area contributed by atoms with Crippen LogP contribution >= 0.6 is 11.6 Å². The van der Waals surface area contributed by atoms with E-state index in [1.165, 1.54) is 11.8 Å². The third kappa shape index (κ3) is 5.96. The van der Waals surface area contributed by atoms with E-state index in [4.69, 9.17) is 20.8 Å². The molecule has 0 aliphatic carbocycles. The van der Waals surface area contributed by atoms with E-state index in [0.29, 0.717) is 28.2 Å². The number of halogens is 1. The normalized spacial score (nSPS) is 12.1. The number of carbonyl (C=O) groups excluding carboxylic acids is 1. The van der Waals surface area contributed by atoms with E-state index in [0.717, 1.165) is 12.0 Å². The second kappa shape index (κ2) is 9.94. The van der Waals surface area contributed by atoms with Crippen molar-refractivity contribution in [1.82, 2.24) is 5.43 Å². The molecule has 0 fully saturated rings. The molecule has 0 radical (unpaired) electrons. The molecule has 1 unspecified atom stereocenters. The lowest BCUT2D eigenvalue weighted by atomic mass is 9.99. The number of nitrogens with one attached hydrogen (secondary N) is 1. The summed E-state index contributed by atoms with van der Waals surface area (Å²) in [6.45, 7) is 4.22. The minimum Gasteiger partial charge on any atom is -0.484 e. The van der Waals surface area contributed by atoms with E-state index < -0.39 is 0 Å². The molecule has 0 spiro atoms. The molecule has 150 valence electrons. The number of nitrogens with zero attached hydrogens (tertiary/aromatic N) is 1. The molecular formula is C23H23ClN2O3. The summed E-state index contributed by atoms with van der Waals surface area (Å²) in [6, 6.07) is 18.7. The Morgan fingerprint density at radius 2 is 1.86 bits per heavy atom. The largest absolute Gasteiger partial charge is 0.484 e. The first kappa shape index (κ1) is 20.7. The van der Waals surface area contributed by atoms with Crippen LogP contribution in [0.1, 0.15) is 37.5 Å². The smallest absolute Gasteiger partial charge is 0.277 e. The van der Waals surface area contributed by atoms with E-state index in [1.807, 2.05) is 42.5 Å². The highest BCUT2D eigenvalue weighted by Crippen LogP contribution is 2.23. The van der Waals surface area contributed by atoms with Gasteiger partial charge in [-0.25, -0.2) is 5.43 Å². The Bertz CT molecular complexity index is 963. The van der Waals surface area contributed by atoms with Gasteiger partial charge in [-0.3, -0.25) is 4.79 Å². The molecule has 29 heavy (non-hydrogen) atoms. The van der Waals surface area contributed by atoms with Gasteiger partial charge in [-0.1, -0.05) is 37.6 Å². The maximum Gasteiger partial charge on any atom is 0.277 e. The molecule has 3 rings (SSSR count). The minimum atomic E-state index is -0.350. The van der Waals surface area contributed by atoms with Gasteiger partial charge >= 0.3 is 0 Å². The van der Waals surface area contributed by atoms with Crippen LogP contribution in [0.3, 0.4) is 0 Å². The van der Waals surface area contributed by atoms with Crippen molar-refractivity contribution >= 4 is 23.7 Å². The summed E-state index contributed by atoms with van der Waals surface area (Å²) in [5.41, 5.74) is 4.59. The Labute approximate surface area is 175 Å². The number of hydrogen-bond acceptors (Lipinski definition) is 4. The predicted octanol–water partition coefficient (Wildman–Crippen LogP) is 5.64. The van der Waals surface area contributed by atoms with E-state index in [9.17, 15) is 4.79 Å². The van der Waals surface area contributed by atoms with E-state index in [1.54, 1.807) is 18.2 Å². The Hall–Kier alpha value is -3.05. The van der Waals surface area contributed by atoms with Crippen LogP contribution < -0.4 is 10.2 Å². The van der Waals surface area contributed by atoms with Gasteiger partial charge in [-0.2, -0.15) is 5.10 Å². The number of benzene rings is 2. The summed E-state index contributed by atoms with van der Waals surface area (Å²) in [5.74, 6) is 2.02. The molecule has 0 aliphatic rings. The lowest BCUT2D eigenvalue weighted by molar-refractivity contribution is -0.123. The van der Waals surface area contributed by atoms with Crippen LogP contribution in [0.25, 0.3) is 11.3 Å². The molecule has 1 N–H and O–H groups in total. The average Bonchev–Trinajstić information content (AvgIpc) is 3.21. The number of furan rings is 1. The van der Waals surface area contributed by atoms with Crippen LogP contribution in [0.4, 0.5) is 0 Å². The molecule has 1 atom stereocenters. The van der Waals surface area contributed by atoms with Crippen LogP contribution in [-0.2, 0) is 4.79 Å². The Kier molecular flexibility index (Phi) is 7.09. The summed E-state index contributed by atoms with van der Waals surface area (Å²) in [5, 5.41) is 4.57. The first-order valence-corrected chi connectivity index (χ1v) is 9.83. The fourth-order valence-corrected chi connectivity index (χ4v) is 2.79. The average molecular weight is 411 g/mol. The predicted molar refractivity (Wildman–Crippen MR) is 116 cm³/mol. The molecule has 5 nitrogen and oxygen atoms in total. The molecule has 6 heteroatoms. The van der Waals surface area contributed by atoms with Crippen molar-refractivity contribution in [2.75, 3.05) is 6.61 Å².